The molecule has 0 aliphatic heterocycles. The molecule has 0 aromatic carbocycles. The normalized spacial score (nSPS) is 14.0. The molecule has 1 aromatic rings. The maximum atomic E-state index is 4.68. The first-order chi connectivity index (χ1) is 2.97. The van der Waals surface area contributed by atoms with Crippen LogP contribution in [-0.2, 0) is 6.42 Å². The van der Waals surface area contributed by atoms with Gasteiger partial charge in [-0.05, 0) is 0 Å². The Morgan fingerprint density at radius 2 is 2.83 bits per heavy atom. The number of fused-ring (bicyclic) bond motifs is 1. The lowest BCUT2D eigenvalue weighted by atomic mass is 10.7. The van der Waals surface area contributed by atoms with Crippen molar-refractivity contribution >= 4 is 0 Å². The molecule has 2 nitrogen and oxygen atoms in total. The molecular weight excluding hydrogens is 78.0 g/mol. The van der Waals surface area contributed by atoms with Gasteiger partial charge in [-0.25, -0.2) is 0 Å². The number of rotatable bonds is 0. The molecule has 0 N–H and O–H groups in total. The minimum Gasteiger partial charge on any atom is -0.361 e. The topological polar surface area (TPSA) is 26.0 Å². The predicted octanol–water partition coefficient (Wildman–Crippen LogP) is 0.579. The van der Waals surface area contributed by atoms with Gasteiger partial charge in [0.15, 0.2) is 0 Å². The van der Waals surface area contributed by atoms with Crippen molar-refractivity contribution in [3.63, 3.8) is 0 Å². The zero-order valence-corrected chi connectivity index (χ0v) is 3.14. The molecule has 0 saturated carbocycles. The lowest BCUT2D eigenvalue weighted by molar-refractivity contribution is 0.403. The van der Waals surface area contributed by atoms with E-state index < -0.39 is 0 Å². The molecule has 2 rings (SSSR count). The smallest absolute Gasteiger partial charge is 0.144 e. The molecule has 30 valence electrons. The number of hydrogen-bond acceptors (Lipinski definition) is 2. The first kappa shape index (κ1) is 2.39. The summed E-state index contributed by atoms with van der Waals surface area (Å²) >= 11 is 0. The number of nitrogens with zero attached hydrogens (tertiary/aromatic N) is 1. The van der Waals surface area contributed by atoms with E-state index in [4.69, 9.17) is 0 Å². The van der Waals surface area contributed by atoms with Crippen LogP contribution in [0.2, 0.25) is 0 Å². The van der Waals surface area contributed by atoms with E-state index in [0.29, 0.717) is 0 Å². The van der Waals surface area contributed by atoms with Crippen LogP contribution in [0, 0.1) is 0 Å². The van der Waals surface area contributed by atoms with Crippen LogP contribution in [0.5, 0.6) is 0 Å². The molecule has 1 aromatic heterocycles. The monoisotopic (exact) mass is 81.0 g/mol. The summed E-state index contributed by atoms with van der Waals surface area (Å²) in [6.45, 7) is 0. The summed E-state index contributed by atoms with van der Waals surface area (Å²) in [4.78, 5) is 0. The minimum atomic E-state index is 1.05. The van der Waals surface area contributed by atoms with Gasteiger partial charge < -0.3 is 4.52 Å². The maximum absolute atomic E-state index is 4.68. The van der Waals surface area contributed by atoms with Gasteiger partial charge in [0.05, 0.1) is 6.20 Å². The van der Waals surface area contributed by atoms with E-state index in [9.17, 15) is 0 Å². The second-order valence-electron chi connectivity index (χ2n) is 1.45. The van der Waals surface area contributed by atoms with Gasteiger partial charge in [0.25, 0.3) is 0 Å². The Kier molecular flexibility index (Phi) is 0.204. The van der Waals surface area contributed by atoms with Gasteiger partial charge in [-0.1, -0.05) is 5.16 Å². The van der Waals surface area contributed by atoms with Crippen LogP contribution in [0.1, 0.15) is 11.3 Å². The zero-order chi connectivity index (χ0) is 3.98. The minimum absolute atomic E-state index is 1.05. The van der Waals surface area contributed by atoms with Crippen molar-refractivity contribution in [3.8, 4) is 0 Å². The van der Waals surface area contributed by atoms with Crippen LogP contribution in [0.15, 0.2) is 10.7 Å². The van der Waals surface area contributed by atoms with E-state index in [1.165, 1.54) is 5.56 Å². The van der Waals surface area contributed by atoms with Gasteiger partial charge in [0.2, 0.25) is 0 Å². The average Bonchev–Trinajstić information content (AvgIpc) is 2.17. The van der Waals surface area contributed by atoms with Crippen molar-refractivity contribution in [2.75, 3.05) is 0 Å². The van der Waals surface area contributed by atoms with Crippen LogP contribution < -0.4 is 0 Å². The highest BCUT2D eigenvalue weighted by atomic mass is 16.5. The molecule has 0 radical (unpaired) electrons. The fourth-order valence-corrected chi connectivity index (χ4v) is 0.491. The summed E-state index contributed by atoms with van der Waals surface area (Å²) in [5.74, 6) is 1.06. The SMILES string of the molecule is c1noc2c1C2. The van der Waals surface area contributed by atoms with E-state index >= 15 is 0 Å². The fraction of sp³-hybridized carbons (Fsp3) is 0.250. The molecule has 0 unspecified atom stereocenters. The Labute approximate surface area is 34.8 Å². The molecule has 0 spiro atoms. The van der Waals surface area contributed by atoms with Crippen molar-refractivity contribution in [1.29, 1.82) is 0 Å². The van der Waals surface area contributed by atoms with Gasteiger partial charge in [0.1, 0.15) is 5.76 Å². The second kappa shape index (κ2) is 0.511. The summed E-state index contributed by atoms with van der Waals surface area (Å²) in [6.07, 6.45) is 2.80. The molecule has 0 fully saturated rings. The lowest BCUT2D eigenvalue weighted by Crippen LogP contribution is -1.53. The molecule has 0 atom stereocenters. The van der Waals surface area contributed by atoms with Crippen LogP contribution in [0.4, 0.5) is 0 Å². The first-order valence-electron chi connectivity index (χ1n) is 1.89. The summed E-state index contributed by atoms with van der Waals surface area (Å²) < 4.78 is 4.68. The quantitative estimate of drug-likeness (QED) is 0.463. The Morgan fingerprint density at radius 3 is 3.00 bits per heavy atom. The van der Waals surface area contributed by atoms with Crippen molar-refractivity contribution < 1.29 is 4.52 Å². The van der Waals surface area contributed by atoms with Gasteiger partial charge in [-0.3, -0.25) is 0 Å². The zero-order valence-electron chi connectivity index (χ0n) is 3.14. The Bertz CT molecular complexity index is 151. The molecule has 6 heavy (non-hydrogen) atoms. The van der Waals surface area contributed by atoms with Crippen LogP contribution in [0.3, 0.4) is 0 Å². The van der Waals surface area contributed by atoms with Crippen LogP contribution in [-0.4, -0.2) is 5.16 Å². The molecule has 0 saturated heterocycles. The highest BCUT2D eigenvalue weighted by molar-refractivity contribution is 5.33. The van der Waals surface area contributed by atoms with E-state index in [1.54, 1.807) is 6.20 Å². The summed E-state index contributed by atoms with van der Waals surface area (Å²) in [5, 5.41) is 3.52. The van der Waals surface area contributed by atoms with Crippen LogP contribution >= 0.6 is 0 Å². The number of aromatic nitrogens is 1. The Morgan fingerprint density at radius 1 is 1.83 bits per heavy atom. The van der Waals surface area contributed by atoms with Crippen molar-refractivity contribution in [2.45, 2.75) is 6.42 Å². The molecule has 1 heterocycles. The van der Waals surface area contributed by atoms with Gasteiger partial charge in [0, 0.05) is 12.0 Å². The summed E-state index contributed by atoms with van der Waals surface area (Å²) in [7, 11) is 0. The van der Waals surface area contributed by atoms with E-state index in [0.717, 1.165) is 12.2 Å². The standard InChI is InChI=1S/C4H3NO/c1-3-2-5-6-4(1)3/h2H,1H2. The van der Waals surface area contributed by atoms with E-state index in [2.05, 4.69) is 9.68 Å². The second-order valence-corrected chi connectivity index (χ2v) is 1.45. The fourth-order valence-electron chi connectivity index (χ4n) is 0.491. The average molecular weight is 81.1 g/mol. The molecule has 2 heteroatoms. The van der Waals surface area contributed by atoms with Gasteiger partial charge in [-0.15, -0.1) is 0 Å². The third-order valence-corrected chi connectivity index (χ3v) is 0.956. The van der Waals surface area contributed by atoms with E-state index in [1.807, 2.05) is 0 Å². The predicted molar refractivity (Wildman–Crippen MR) is 19.3 cm³/mol. The Balaban J connectivity index is 2.88. The maximum Gasteiger partial charge on any atom is 0.144 e. The van der Waals surface area contributed by atoms with Crippen molar-refractivity contribution in [3.05, 3.63) is 17.5 Å². The summed E-state index contributed by atoms with van der Waals surface area (Å²) in [5.41, 5.74) is 1.27. The van der Waals surface area contributed by atoms with Gasteiger partial charge >= 0.3 is 0 Å². The van der Waals surface area contributed by atoms with Crippen molar-refractivity contribution in [2.24, 2.45) is 0 Å². The molecule has 1 aliphatic rings. The number of hydrogen-bond donors (Lipinski definition) is 0. The summed E-state index contributed by atoms with van der Waals surface area (Å²) in [6, 6.07) is 0. The highest BCUT2D eigenvalue weighted by Gasteiger charge is 2.21. The van der Waals surface area contributed by atoms with Crippen molar-refractivity contribution in [1.82, 2.24) is 5.16 Å². The lowest BCUT2D eigenvalue weighted by Gasteiger charge is -1.60. The first-order valence-corrected chi connectivity index (χ1v) is 1.89. The van der Waals surface area contributed by atoms with Crippen LogP contribution in [0.25, 0.3) is 0 Å². The molecule has 0 bridgehead atoms. The van der Waals surface area contributed by atoms with E-state index in [-0.39, 0.29) is 0 Å². The van der Waals surface area contributed by atoms with Gasteiger partial charge in [-0.2, -0.15) is 0 Å². The third-order valence-electron chi connectivity index (χ3n) is 0.956. The Hall–Kier alpha value is -0.790. The molecular formula is C4H3NO. The molecule has 0 amide bonds. The molecule has 1 aliphatic carbocycles. The largest absolute Gasteiger partial charge is 0.361 e. The third kappa shape index (κ3) is 0.125. The highest BCUT2D eigenvalue weighted by Crippen LogP contribution is 2.25.